The van der Waals surface area contributed by atoms with Gasteiger partial charge in [-0.05, 0) is 127 Å². The Hall–Kier alpha value is -6.64. The van der Waals surface area contributed by atoms with Crippen LogP contribution in [0.4, 0.5) is 17.1 Å². The van der Waals surface area contributed by atoms with Crippen molar-refractivity contribution < 1.29 is 4.74 Å². The largest absolute Gasteiger partial charge is 0.457 e. The van der Waals surface area contributed by atoms with Gasteiger partial charge in [0.15, 0.2) is 0 Å². The second-order valence-corrected chi connectivity index (χ2v) is 20.1. The molecule has 11 rings (SSSR count). The monoisotopic (exact) mass is 803 g/mol. The molecule has 0 saturated heterocycles. The van der Waals surface area contributed by atoms with Crippen LogP contribution in [0.25, 0.3) is 33.4 Å². The maximum Gasteiger partial charge on any atom is 0.132 e. The molecule has 0 radical (unpaired) electrons. The molecule has 0 bridgehead atoms. The Balaban J connectivity index is 1.19. The Morgan fingerprint density at radius 1 is 0.387 bits per heavy atom. The summed E-state index contributed by atoms with van der Waals surface area (Å²) in [5.74, 6) is 1.83. The summed E-state index contributed by atoms with van der Waals surface area (Å²) in [6.07, 6.45) is 0. The molecule has 0 N–H and O–H groups in total. The van der Waals surface area contributed by atoms with Crippen molar-refractivity contribution in [1.29, 1.82) is 0 Å². The van der Waals surface area contributed by atoms with Crippen LogP contribution in [0.3, 0.4) is 0 Å². The third-order valence-electron chi connectivity index (χ3n) is 14.1. The van der Waals surface area contributed by atoms with Gasteiger partial charge in [0.1, 0.15) is 11.5 Å². The molecule has 0 amide bonds. The molecule has 1 spiro atoms. The maximum atomic E-state index is 6.95. The van der Waals surface area contributed by atoms with Gasteiger partial charge in [0.2, 0.25) is 0 Å². The number of nitrogens with zero attached hydrogens (tertiary/aromatic N) is 1. The lowest BCUT2D eigenvalue weighted by molar-refractivity contribution is 0.433. The molecule has 304 valence electrons. The van der Waals surface area contributed by atoms with E-state index in [4.69, 9.17) is 4.74 Å². The predicted octanol–water partition coefficient (Wildman–Crippen LogP) is 16.2. The smallest absolute Gasteiger partial charge is 0.132 e. The average molecular weight is 804 g/mol. The highest BCUT2D eigenvalue weighted by Crippen LogP contribution is 2.64. The zero-order chi connectivity index (χ0) is 42.8. The Morgan fingerprint density at radius 3 is 1.58 bits per heavy atom. The summed E-state index contributed by atoms with van der Waals surface area (Å²) in [7, 11) is 0. The molecule has 0 fully saturated rings. The van der Waals surface area contributed by atoms with E-state index in [1.165, 1.54) is 77.9 Å². The zero-order valence-electron chi connectivity index (χ0n) is 37.1. The van der Waals surface area contributed by atoms with Gasteiger partial charge < -0.3 is 9.64 Å². The van der Waals surface area contributed by atoms with Crippen molar-refractivity contribution in [2.45, 2.75) is 77.0 Å². The Kier molecular flexibility index (Phi) is 8.29. The van der Waals surface area contributed by atoms with Crippen LogP contribution in [0.5, 0.6) is 11.5 Å². The first-order valence-corrected chi connectivity index (χ1v) is 22.2. The van der Waals surface area contributed by atoms with E-state index in [1.54, 1.807) is 0 Å². The summed E-state index contributed by atoms with van der Waals surface area (Å²) in [6.45, 7) is 18.6. The molecule has 0 saturated carbocycles. The summed E-state index contributed by atoms with van der Waals surface area (Å²) in [5.41, 5.74) is 20.4. The van der Waals surface area contributed by atoms with Crippen molar-refractivity contribution in [3.05, 3.63) is 220 Å². The van der Waals surface area contributed by atoms with Crippen LogP contribution in [0.15, 0.2) is 176 Å². The van der Waals surface area contributed by atoms with E-state index >= 15 is 0 Å². The van der Waals surface area contributed by atoms with Crippen molar-refractivity contribution in [3.63, 3.8) is 0 Å². The molecule has 2 nitrogen and oxygen atoms in total. The zero-order valence-corrected chi connectivity index (χ0v) is 37.1. The van der Waals surface area contributed by atoms with E-state index in [2.05, 4.69) is 236 Å². The van der Waals surface area contributed by atoms with Crippen LogP contribution in [0.1, 0.15) is 99.9 Å². The number of benzene rings is 8. The lowest BCUT2D eigenvalue weighted by Gasteiger charge is -2.41. The van der Waals surface area contributed by atoms with Crippen molar-refractivity contribution in [1.82, 2.24) is 0 Å². The average Bonchev–Trinajstić information content (AvgIpc) is 3.69. The van der Waals surface area contributed by atoms with Crippen LogP contribution in [0.2, 0.25) is 0 Å². The number of fused-ring (bicyclic) bond motifs is 12. The standard InChI is InChI=1S/C60H53NO/c1-57(2,3)38-29-33-54-51(35-38)60(52-36-39(58(4,5)6)30-34-55(52)62-54)48-26-16-13-23-46(48)56-45(24-18-27-49(56)60)44-22-14-17-28-53(44)61(40-19-10-9-11-20-40)41-31-32-43-42-21-12-15-25-47(42)59(7,8)50(43)37-41/h9-37H,1-8H3. The first-order chi connectivity index (χ1) is 29.8. The minimum atomic E-state index is -0.609. The Labute approximate surface area is 367 Å². The first kappa shape index (κ1) is 38.3. The van der Waals surface area contributed by atoms with Gasteiger partial charge >= 0.3 is 0 Å². The normalized spacial score (nSPS) is 14.8. The lowest BCUT2D eigenvalue weighted by Crippen LogP contribution is -2.33. The molecule has 3 aliphatic rings. The van der Waals surface area contributed by atoms with Gasteiger partial charge in [-0.25, -0.2) is 0 Å². The van der Waals surface area contributed by atoms with Crippen LogP contribution in [0, 0.1) is 0 Å². The van der Waals surface area contributed by atoms with E-state index in [9.17, 15) is 0 Å². The first-order valence-electron chi connectivity index (χ1n) is 22.2. The van der Waals surface area contributed by atoms with Crippen LogP contribution in [-0.4, -0.2) is 0 Å². The highest BCUT2D eigenvalue weighted by atomic mass is 16.5. The summed E-state index contributed by atoms with van der Waals surface area (Å²) in [4.78, 5) is 2.47. The summed E-state index contributed by atoms with van der Waals surface area (Å²) in [6, 6.07) is 65.9. The molecule has 8 aromatic rings. The minimum absolute atomic E-state index is 0.0536. The number of anilines is 3. The molecule has 8 aromatic carbocycles. The highest BCUT2D eigenvalue weighted by Gasteiger charge is 2.52. The molecule has 62 heavy (non-hydrogen) atoms. The van der Waals surface area contributed by atoms with Gasteiger partial charge in [-0.1, -0.05) is 177 Å². The summed E-state index contributed by atoms with van der Waals surface area (Å²) in [5, 5.41) is 0. The molecule has 0 aromatic heterocycles. The number of ether oxygens (including phenoxy) is 1. The lowest BCUT2D eigenvalue weighted by atomic mass is 9.64. The van der Waals surface area contributed by atoms with Crippen molar-refractivity contribution in [2.75, 3.05) is 4.90 Å². The Bertz CT molecular complexity index is 3040. The maximum absolute atomic E-state index is 6.95. The molecule has 1 aliphatic heterocycles. The molecule has 0 unspecified atom stereocenters. The molecule has 2 heteroatoms. The summed E-state index contributed by atoms with van der Waals surface area (Å²) >= 11 is 0. The summed E-state index contributed by atoms with van der Waals surface area (Å²) < 4.78 is 6.95. The molecular formula is C60H53NO. The van der Waals surface area contributed by atoms with E-state index in [1.807, 2.05) is 0 Å². The third-order valence-corrected chi connectivity index (χ3v) is 14.1. The predicted molar refractivity (Wildman–Crippen MR) is 259 cm³/mol. The van der Waals surface area contributed by atoms with Crippen LogP contribution >= 0.6 is 0 Å². The Morgan fingerprint density at radius 2 is 0.919 bits per heavy atom. The minimum Gasteiger partial charge on any atom is -0.457 e. The van der Waals surface area contributed by atoms with Gasteiger partial charge in [0.25, 0.3) is 0 Å². The van der Waals surface area contributed by atoms with Gasteiger partial charge in [-0.2, -0.15) is 0 Å². The van der Waals surface area contributed by atoms with Crippen molar-refractivity contribution >= 4 is 17.1 Å². The third kappa shape index (κ3) is 5.48. The van der Waals surface area contributed by atoms with E-state index in [0.29, 0.717) is 0 Å². The molecule has 0 atom stereocenters. The van der Waals surface area contributed by atoms with Crippen LogP contribution < -0.4 is 9.64 Å². The number of hydrogen-bond acceptors (Lipinski definition) is 2. The number of rotatable bonds is 4. The SMILES string of the molecule is CC(C)(C)c1ccc2c(c1)C1(c3cc(C(C)(C)C)ccc3O2)c2ccccc2-c2c(-c3ccccc3N(c3ccccc3)c3ccc4c(c3)C(C)(C)c3ccccc3-4)cccc21. The molecule has 1 heterocycles. The fraction of sp³-hybridized carbons (Fsp3) is 0.200. The quantitative estimate of drug-likeness (QED) is 0.176. The second-order valence-electron chi connectivity index (χ2n) is 20.1. The van der Waals surface area contributed by atoms with Crippen molar-refractivity contribution in [3.8, 4) is 44.9 Å². The number of hydrogen-bond donors (Lipinski definition) is 0. The molecule has 2 aliphatic carbocycles. The van der Waals surface area contributed by atoms with Gasteiger partial charge in [0, 0.05) is 33.5 Å². The van der Waals surface area contributed by atoms with Crippen molar-refractivity contribution in [2.24, 2.45) is 0 Å². The van der Waals surface area contributed by atoms with Gasteiger partial charge in [-0.3, -0.25) is 0 Å². The second kappa shape index (κ2) is 13.4. The van der Waals surface area contributed by atoms with Gasteiger partial charge in [-0.15, -0.1) is 0 Å². The molecular weight excluding hydrogens is 751 g/mol. The fourth-order valence-electron chi connectivity index (χ4n) is 10.9. The number of para-hydroxylation sites is 2. The van der Waals surface area contributed by atoms with Crippen LogP contribution in [-0.2, 0) is 21.7 Å². The topological polar surface area (TPSA) is 12.5 Å². The fourth-order valence-corrected chi connectivity index (χ4v) is 10.9. The van der Waals surface area contributed by atoms with E-state index < -0.39 is 5.41 Å². The van der Waals surface area contributed by atoms with E-state index in [0.717, 1.165) is 28.6 Å². The van der Waals surface area contributed by atoms with E-state index in [-0.39, 0.29) is 16.2 Å². The highest BCUT2D eigenvalue weighted by molar-refractivity contribution is 6.01. The van der Waals surface area contributed by atoms with Gasteiger partial charge in [0.05, 0.1) is 11.1 Å².